The van der Waals surface area contributed by atoms with Crippen LogP contribution in [0.1, 0.15) is 46.8 Å². The van der Waals surface area contributed by atoms with E-state index in [1.807, 2.05) is 13.0 Å². The predicted molar refractivity (Wildman–Crippen MR) is 92.8 cm³/mol. The molecule has 0 bridgehead atoms. The summed E-state index contributed by atoms with van der Waals surface area (Å²) in [5.74, 6) is -6.64. The number of hydrogen-bond donors (Lipinski definition) is 0. The molecule has 0 amide bonds. The minimum atomic E-state index is -1.41. The van der Waals surface area contributed by atoms with Gasteiger partial charge in [0.1, 0.15) is 46.2 Å². The van der Waals surface area contributed by atoms with Crippen molar-refractivity contribution in [3.63, 3.8) is 0 Å². The lowest BCUT2D eigenvalue weighted by Crippen LogP contribution is -2.17. The Labute approximate surface area is 158 Å². The van der Waals surface area contributed by atoms with Gasteiger partial charge < -0.3 is 4.74 Å². The fourth-order valence-corrected chi connectivity index (χ4v) is 3.22. The lowest BCUT2D eigenvalue weighted by molar-refractivity contribution is 0.0723. The maximum absolute atomic E-state index is 14.8. The van der Waals surface area contributed by atoms with Crippen LogP contribution in [-0.2, 0) is 12.8 Å². The highest BCUT2D eigenvalue weighted by Crippen LogP contribution is 2.30. The van der Waals surface area contributed by atoms with Crippen LogP contribution in [0.5, 0.6) is 5.75 Å². The molecule has 2 aromatic carbocycles. The highest BCUT2D eigenvalue weighted by atomic mass is 19.1. The number of carbonyl (C=O) groups excluding carboxylic acids is 1. The number of rotatable bonds is 4. The summed E-state index contributed by atoms with van der Waals surface area (Å²) < 4.78 is 61.3. The number of nitrogens with zero attached hydrogens (tertiary/aromatic N) is 1. The van der Waals surface area contributed by atoms with E-state index in [0.717, 1.165) is 24.5 Å². The van der Waals surface area contributed by atoms with E-state index < -0.39 is 46.1 Å². The van der Waals surface area contributed by atoms with Crippen LogP contribution in [0.4, 0.5) is 17.6 Å². The Morgan fingerprint density at radius 3 is 2.43 bits per heavy atom. The van der Waals surface area contributed by atoms with E-state index in [4.69, 9.17) is 10.00 Å². The van der Waals surface area contributed by atoms with Crippen LogP contribution in [0.25, 0.3) is 0 Å². The molecule has 0 atom stereocenters. The van der Waals surface area contributed by atoms with Gasteiger partial charge in [0, 0.05) is 12.1 Å². The zero-order valence-corrected chi connectivity index (χ0v) is 14.9. The molecule has 2 aromatic rings. The number of allylic oxidation sites excluding steroid dienone is 2. The van der Waals surface area contributed by atoms with Gasteiger partial charge in [-0.15, -0.1) is 0 Å². The second-order valence-electron chi connectivity index (χ2n) is 6.44. The third-order valence-electron chi connectivity index (χ3n) is 4.54. The number of hydrogen-bond acceptors (Lipinski definition) is 3. The normalized spacial score (nSPS) is 12.8. The van der Waals surface area contributed by atoms with E-state index in [1.165, 1.54) is 6.07 Å². The van der Waals surface area contributed by atoms with E-state index >= 15 is 0 Å². The number of esters is 1. The zero-order valence-electron chi connectivity index (χ0n) is 14.9. The van der Waals surface area contributed by atoms with Gasteiger partial charge in [-0.3, -0.25) is 0 Å². The molecule has 28 heavy (non-hydrogen) atoms. The SMILES string of the molecule is CCCC1=CCc2c(cc(F)c(C(=O)Oc3cc(F)c(C#N)c(F)c3)c2F)C1. The molecule has 1 aliphatic carbocycles. The number of benzene rings is 2. The van der Waals surface area contributed by atoms with E-state index in [2.05, 4.69) is 0 Å². The first-order valence-corrected chi connectivity index (χ1v) is 8.64. The third kappa shape index (κ3) is 3.63. The van der Waals surface area contributed by atoms with Gasteiger partial charge in [0.2, 0.25) is 0 Å². The van der Waals surface area contributed by atoms with Crippen molar-refractivity contribution in [3.05, 3.63) is 75.4 Å². The summed E-state index contributed by atoms with van der Waals surface area (Å²) in [4.78, 5) is 12.3. The lowest BCUT2D eigenvalue weighted by Gasteiger charge is -2.19. The first-order chi connectivity index (χ1) is 13.3. The fraction of sp³-hybridized carbons (Fsp3) is 0.238. The molecule has 3 nitrogen and oxygen atoms in total. The van der Waals surface area contributed by atoms with Gasteiger partial charge in [0.15, 0.2) is 0 Å². The number of fused-ring (bicyclic) bond motifs is 1. The van der Waals surface area contributed by atoms with Crippen molar-refractivity contribution in [2.75, 3.05) is 0 Å². The Balaban J connectivity index is 1.92. The number of halogens is 4. The number of nitriles is 1. The van der Waals surface area contributed by atoms with E-state index in [-0.39, 0.29) is 12.0 Å². The molecule has 0 spiro atoms. The molecule has 144 valence electrons. The number of ether oxygens (including phenoxy) is 1. The largest absolute Gasteiger partial charge is 0.423 e. The van der Waals surface area contributed by atoms with Gasteiger partial charge in [-0.25, -0.2) is 22.4 Å². The van der Waals surface area contributed by atoms with Gasteiger partial charge in [0.25, 0.3) is 0 Å². The maximum atomic E-state index is 14.8. The molecule has 0 fully saturated rings. The topological polar surface area (TPSA) is 50.1 Å². The second-order valence-corrected chi connectivity index (χ2v) is 6.44. The molecule has 0 N–H and O–H groups in total. The zero-order chi connectivity index (χ0) is 20.4. The van der Waals surface area contributed by atoms with Gasteiger partial charge in [0.05, 0.1) is 0 Å². The highest BCUT2D eigenvalue weighted by molar-refractivity contribution is 5.92. The molecular weight excluding hydrogens is 374 g/mol. The smallest absolute Gasteiger partial charge is 0.349 e. The molecular formula is C21H15F4NO2. The molecule has 0 aliphatic heterocycles. The Morgan fingerprint density at radius 1 is 1.14 bits per heavy atom. The predicted octanol–water partition coefficient (Wildman–Crippen LogP) is 5.16. The summed E-state index contributed by atoms with van der Waals surface area (Å²) in [6.45, 7) is 2.01. The lowest BCUT2D eigenvalue weighted by atomic mass is 9.88. The summed E-state index contributed by atoms with van der Waals surface area (Å²) in [7, 11) is 0. The van der Waals surface area contributed by atoms with Crippen molar-refractivity contribution in [3.8, 4) is 11.8 Å². The Kier molecular flexibility index (Phi) is 5.50. The summed E-state index contributed by atoms with van der Waals surface area (Å²) in [5.41, 5.74) is -0.0251. The minimum absolute atomic E-state index is 0.199. The fourth-order valence-electron chi connectivity index (χ4n) is 3.22. The Bertz CT molecular complexity index is 1010. The average Bonchev–Trinajstić information content (AvgIpc) is 2.61. The Hall–Kier alpha value is -3.14. The van der Waals surface area contributed by atoms with E-state index in [9.17, 15) is 22.4 Å². The van der Waals surface area contributed by atoms with Gasteiger partial charge in [-0.1, -0.05) is 25.0 Å². The monoisotopic (exact) mass is 389 g/mol. The standard InChI is InChI=1S/C21H15F4NO2/c1-2-3-11-4-5-14-12(6-11)7-18(24)19(20(14)25)21(27)28-13-8-16(22)15(10-26)17(23)9-13/h4,7-9H,2-3,5-6H2,1H3. The minimum Gasteiger partial charge on any atom is -0.423 e. The first kappa shape index (κ1) is 19.6. The summed E-state index contributed by atoms with van der Waals surface area (Å²) in [5, 5.41) is 8.65. The molecule has 0 radical (unpaired) electrons. The van der Waals surface area contributed by atoms with Crippen LogP contribution in [-0.4, -0.2) is 5.97 Å². The van der Waals surface area contributed by atoms with Crippen molar-refractivity contribution in [1.29, 1.82) is 5.26 Å². The molecule has 3 rings (SSSR count). The molecule has 0 aromatic heterocycles. The molecule has 1 aliphatic rings. The van der Waals surface area contributed by atoms with Crippen LogP contribution in [0, 0.1) is 34.6 Å². The average molecular weight is 389 g/mol. The molecule has 0 saturated carbocycles. The van der Waals surface area contributed by atoms with Crippen LogP contribution >= 0.6 is 0 Å². The summed E-state index contributed by atoms with van der Waals surface area (Å²) in [6, 6.07) is 3.63. The summed E-state index contributed by atoms with van der Waals surface area (Å²) in [6.07, 6.45) is 4.21. The van der Waals surface area contributed by atoms with Crippen LogP contribution < -0.4 is 4.74 Å². The summed E-state index contributed by atoms with van der Waals surface area (Å²) >= 11 is 0. The molecule has 0 heterocycles. The maximum Gasteiger partial charge on any atom is 0.349 e. The van der Waals surface area contributed by atoms with Crippen LogP contribution in [0.3, 0.4) is 0 Å². The molecule has 0 saturated heterocycles. The quantitative estimate of drug-likeness (QED) is 0.314. The molecule has 7 heteroatoms. The first-order valence-electron chi connectivity index (χ1n) is 8.64. The third-order valence-corrected chi connectivity index (χ3v) is 4.54. The Morgan fingerprint density at radius 2 is 1.82 bits per heavy atom. The van der Waals surface area contributed by atoms with Crippen LogP contribution in [0.15, 0.2) is 29.8 Å². The van der Waals surface area contributed by atoms with Crippen molar-refractivity contribution in [2.24, 2.45) is 0 Å². The number of carbonyl (C=O) groups is 1. The van der Waals surface area contributed by atoms with Gasteiger partial charge >= 0.3 is 5.97 Å². The van der Waals surface area contributed by atoms with Gasteiger partial charge in [-0.2, -0.15) is 5.26 Å². The van der Waals surface area contributed by atoms with Gasteiger partial charge in [-0.05, 0) is 36.5 Å². The highest BCUT2D eigenvalue weighted by Gasteiger charge is 2.27. The van der Waals surface area contributed by atoms with Crippen molar-refractivity contribution in [2.45, 2.75) is 32.6 Å². The van der Waals surface area contributed by atoms with Crippen molar-refractivity contribution >= 4 is 5.97 Å². The van der Waals surface area contributed by atoms with Crippen molar-refractivity contribution < 1.29 is 27.1 Å². The van der Waals surface area contributed by atoms with E-state index in [1.54, 1.807) is 0 Å². The van der Waals surface area contributed by atoms with Crippen molar-refractivity contribution in [1.82, 2.24) is 0 Å². The second kappa shape index (κ2) is 7.85. The van der Waals surface area contributed by atoms with E-state index in [0.29, 0.717) is 24.1 Å². The van der Waals surface area contributed by atoms with Crippen LogP contribution in [0.2, 0.25) is 0 Å². The molecule has 0 unspecified atom stereocenters.